The molecule has 0 radical (unpaired) electrons. The molecule has 0 spiro atoms. The average Bonchev–Trinajstić information content (AvgIpc) is 2.05. The van der Waals surface area contributed by atoms with Crippen LogP contribution in [0.3, 0.4) is 0 Å². The quantitative estimate of drug-likeness (QED) is 0.636. The molecule has 0 bridgehead atoms. The minimum atomic E-state index is -0.00873. The summed E-state index contributed by atoms with van der Waals surface area (Å²) in [6.45, 7) is 3.64. The van der Waals surface area contributed by atoms with E-state index in [0.717, 1.165) is 16.6 Å². The fourth-order valence-corrected chi connectivity index (χ4v) is 1.53. The van der Waals surface area contributed by atoms with E-state index in [4.69, 9.17) is 5.73 Å². The van der Waals surface area contributed by atoms with Crippen LogP contribution in [-0.2, 0) is 0 Å². The van der Waals surface area contributed by atoms with Gasteiger partial charge in [0.15, 0.2) is 0 Å². The molecule has 1 heterocycles. The van der Waals surface area contributed by atoms with Crippen LogP contribution in [0.15, 0.2) is 35.6 Å². The number of nitrogens with zero attached hydrogens (tertiary/aromatic N) is 1. The second-order valence-corrected chi connectivity index (χ2v) is 3.27. The molecule has 0 saturated heterocycles. The fraction of sp³-hybridized carbons (Fsp3) is 0.222. The van der Waals surface area contributed by atoms with Crippen LogP contribution in [0.1, 0.15) is 18.0 Å². The topological polar surface area (TPSA) is 38.9 Å². The molecule has 0 aliphatic heterocycles. The maximum atomic E-state index is 5.87. The first kappa shape index (κ1) is 9.42. The molecule has 0 fully saturated rings. The predicted molar refractivity (Wildman–Crippen MR) is 53.7 cm³/mol. The summed E-state index contributed by atoms with van der Waals surface area (Å²) < 4.78 is 0.819. The van der Waals surface area contributed by atoms with Gasteiger partial charge in [-0.2, -0.15) is 0 Å². The van der Waals surface area contributed by atoms with E-state index in [1.165, 1.54) is 0 Å². The van der Waals surface area contributed by atoms with Crippen molar-refractivity contribution in [3.63, 3.8) is 0 Å². The molecule has 0 amide bonds. The van der Waals surface area contributed by atoms with E-state index in [-0.39, 0.29) is 6.04 Å². The van der Waals surface area contributed by atoms with Crippen molar-refractivity contribution >= 4 is 15.9 Å². The zero-order valence-corrected chi connectivity index (χ0v) is 8.29. The number of hydrogen-bond donors (Lipinski definition) is 1. The smallest absolute Gasteiger partial charge is 0.110 e. The molecule has 0 aliphatic rings. The van der Waals surface area contributed by atoms with Crippen molar-refractivity contribution < 1.29 is 0 Å². The van der Waals surface area contributed by atoms with Gasteiger partial charge in [0.25, 0.3) is 0 Å². The van der Waals surface area contributed by atoms with Gasteiger partial charge < -0.3 is 5.73 Å². The highest BCUT2D eigenvalue weighted by Gasteiger charge is 2.07. The van der Waals surface area contributed by atoms with Gasteiger partial charge in [0.1, 0.15) is 4.60 Å². The van der Waals surface area contributed by atoms with Gasteiger partial charge in [0.2, 0.25) is 0 Å². The van der Waals surface area contributed by atoms with Crippen molar-refractivity contribution in [2.24, 2.45) is 5.73 Å². The lowest BCUT2D eigenvalue weighted by molar-refractivity contribution is 0.732. The summed E-state index contributed by atoms with van der Waals surface area (Å²) in [5, 5.41) is 0. The van der Waals surface area contributed by atoms with Crippen LogP contribution in [-0.4, -0.2) is 4.98 Å². The van der Waals surface area contributed by atoms with Crippen molar-refractivity contribution in [1.82, 2.24) is 4.98 Å². The summed E-state index contributed by atoms with van der Waals surface area (Å²) in [5.74, 6) is 0. The summed E-state index contributed by atoms with van der Waals surface area (Å²) in [4.78, 5) is 4.08. The van der Waals surface area contributed by atoms with Crippen molar-refractivity contribution in [3.05, 3.63) is 41.2 Å². The Hall–Kier alpha value is -0.670. The van der Waals surface area contributed by atoms with E-state index in [2.05, 4.69) is 27.5 Å². The minimum Gasteiger partial charge on any atom is -0.324 e. The lowest BCUT2D eigenvalue weighted by Crippen LogP contribution is -2.09. The third-order valence-corrected chi connectivity index (χ3v) is 2.27. The predicted octanol–water partition coefficient (Wildman–Crippen LogP) is 2.42. The van der Waals surface area contributed by atoms with Gasteiger partial charge >= 0.3 is 0 Å². The second-order valence-electron chi connectivity index (χ2n) is 2.51. The van der Waals surface area contributed by atoms with E-state index >= 15 is 0 Å². The lowest BCUT2D eigenvalue weighted by Gasteiger charge is -2.09. The first-order chi connectivity index (χ1) is 5.75. The van der Waals surface area contributed by atoms with E-state index in [1.807, 2.05) is 18.2 Å². The molecule has 2 N–H and O–H groups in total. The zero-order valence-electron chi connectivity index (χ0n) is 6.70. The number of aromatic nitrogens is 1. The van der Waals surface area contributed by atoms with Crippen molar-refractivity contribution in [2.45, 2.75) is 12.5 Å². The van der Waals surface area contributed by atoms with Gasteiger partial charge in [-0.05, 0) is 28.4 Å². The summed E-state index contributed by atoms with van der Waals surface area (Å²) >= 11 is 3.34. The third-order valence-electron chi connectivity index (χ3n) is 1.61. The molecule has 1 aromatic heterocycles. The van der Waals surface area contributed by atoms with E-state index in [0.29, 0.717) is 0 Å². The van der Waals surface area contributed by atoms with Gasteiger partial charge in [0.05, 0.1) is 0 Å². The van der Waals surface area contributed by atoms with Crippen LogP contribution >= 0.6 is 15.9 Å². The van der Waals surface area contributed by atoms with Crippen molar-refractivity contribution in [3.8, 4) is 0 Å². The Kier molecular flexibility index (Phi) is 3.44. The number of pyridine rings is 1. The monoisotopic (exact) mass is 226 g/mol. The maximum absolute atomic E-state index is 5.87. The third kappa shape index (κ3) is 2.16. The van der Waals surface area contributed by atoms with Crippen LogP contribution in [0, 0.1) is 0 Å². The highest BCUT2D eigenvalue weighted by Crippen LogP contribution is 2.21. The average molecular weight is 227 g/mol. The normalized spacial score (nSPS) is 12.5. The van der Waals surface area contributed by atoms with Crippen LogP contribution in [0.4, 0.5) is 0 Å². The maximum Gasteiger partial charge on any atom is 0.110 e. The molecule has 0 saturated carbocycles. The molecule has 1 atom stereocenters. The Morgan fingerprint density at radius 2 is 2.50 bits per heavy atom. The SMILES string of the molecule is C=CC[C@H](N)c1cccnc1Br. The fourth-order valence-electron chi connectivity index (χ4n) is 0.982. The van der Waals surface area contributed by atoms with Crippen LogP contribution in [0.5, 0.6) is 0 Å². The first-order valence-corrected chi connectivity index (χ1v) is 4.52. The molecule has 12 heavy (non-hydrogen) atoms. The molecule has 0 aliphatic carbocycles. The number of nitrogens with two attached hydrogens (primary N) is 1. The molecule has 1 aromatic rings. The Bertz CT molecular complexity index is 273. The highest BCUT2D eigenvalue weighted by molar-refractivity contribution is 9.10. The Labute approximate surface area is 80.6 Å². The first-order valence-electron chi connectivity index (χ1n) is 3.72. The summed E-state index contributed by atoms with van der Waals surface area (Å²) in [6, 6.07) is 3.83. The molecular weight excluding hydrogens is 216 g/mol. The molecular formula is C9H11BrN2. The van der Waals surface area contributed by atoms with Gasteiger partial charge in [-0.1, -0.05) is 12.1 Å². The highest BCUT2D eigenvalue weighted by atomic mass is 79.9. The number of halogens is 1. The molecule has 0 unspecified atom stereocenters. The van der Waals surface area contributed by atoms with E-state index in [1.54, 1.807) is 6.20 Å². The van der Waals surface area contributed by atoms with Gasteiger partial charge in [0, 0.05) is 17.8 Å². The summed E-state index contributed by atoms with van der Waals surface area (Å²) in [7, 11) is 0. The Morgan fingerprint density at radius 3 is 3.08 bits per heavy atom. The molecule has 1 rings (SSSR count). The lowest BCUT2D eigenvalue weighted by atomic mass is 10.1. The molecule has 3 heteroatoms. The molecule has 0 aromatic carbocycles. The molecule has 64 valence electrons. The zero-order chi connectivity index (χ0) is 8.97. The van der Waals surface area contributed by atoms with E-state index < -0.39 is 0 Å². The number of hydrogen-bond acceptors (Lipinski definition) is 2. The van der Waals surface area contributed by atoms with Crippen LogP contribution in [0.2, 0.25) is 0 Å². The largest absolute Gasteiger partial charge is 0.324 e. The Balaban J connectivity index is 2.86. The summed E-state index contributed by atoms with van der Waals surface area (Å²) in [5.41, 5.74) is 6.89. The van der Waals surface area contributed by atoms with Gasteiger partial charge in [-0.25, -0.2) is 4.98 Å². The van der Waals surface area contributed by atoms with Gasteiger partial charge in [-0.15, -0.1) is 6.58 Å². The molecule has 2 nitrogen and oxygen atoms in total. The van der Waals surface area contributed by atoms with Crippen LogP contribution < -0.4 is 5.73 Å². The van der Waals surface area contributed by atoms with Crippen molar-refractivity contribution in [1.29, 1.82) is 0 Å². The summed E-state index contributed by atoms with van der Waals surface area (Å²) in [6.07, 6.45) is 4.31. The van der Waals surface area contributed by atoms with E-state index in [9.17, 15) is 0 Å². The Morgan fingerprint density at radius 1 is 1.75 bits per heavy atom. The standard InChI is InChI=1S/C9H11BrN2/c1-2-4-8(11)7-5-3-6-12-9(7)10/h2-3,5-6,8H,1,4,11H2/t8-/m0/s1. The number of rotatable bonds is 3. The van der Waals surface area contributed by atoms with Crippen molar-refractivity contribution in [2.75, 3.05) is 0 Å². The van der Waals surface area contributed by atoms with Crippen LogP contribution in [0.25, 0.3) is 0 Å². The van der Waals surface area contributed by atoms with Gasteiger partial charge in [-0.3, -0.25) is 0 Å². The minimum absolute atomic E-state index is 0.00873. The second kappa shape index (κ2) is 4.38.